The maximum atomic E-state index is 5.84. The van der Waals surface area contributed by atoms with Crippen molar-refractivity contribution in [3.8, 4) is 6.01 Å². The molecule has 7 nitrogen and oxygen atoms in total. The lowest BCUT2D eigenvalue weighted by Crippen LogP contribution is -2.52. The molecule has 0 aromatic carbocycles. The molecule has 2 heterocycles. The van der Waals surface area contributed by atoms with E-state index in [0.29, 0.717) is 12.5 Å². The van der Waals surface area contributed by atoms with Crippen LogP contribution < -0.4 is 15.4 Å². The van der Waals surface area contributed by atoms with E-state index in [2.05, 4.69) is 15.0 Å². The van der Waals surface area contributed by atoms with E-state index in [0.717, 1.165) is 6.54 Å². The molecule has 0 spiro atoms. The number of morpholine rings is 1. The molecule has 1 saturated heterocycles. The Morgan fingerprint density at radius 1 is 1.39 bits per heavy atom. The van der Waals surface area contributed by atoms with Gasteiger partial charge < -0.3 is 20.1 Å². The average molecular weight is 253 g/mol. The Bertz CT molecular complexity index is 437. The number of methoxy groups -OCH3 is 1. The fourth-order valence-electron chi connectivity index (χ4n) is 2.20. The van der Waals surface area contributed by atoms with E-state index < -0.39 is 0 Å². The molecule has 1 aliphatic rings. The number of rotatable bonds is 2. The van der Waals surface area contributed by atoms with Gasteiger partial charge in [0.15, 0.2) is 0 Å². The summed E-state index contributed by atoms with van der Waals surface area (Å²) < 4.78 is 10.8. The molecule has 0 aliphatic carbocycles. The number of hydrogen-bond acceptors (Lipinski definition) is 7. The predicted molar refractivity (Wildman–Crippen MR) is 67.6 cm³/mol. The zero-order valence-corrected chi connectivity index (χ0v) is 11.2. The number of aromatic nitrogens is 3. The van der Waals surface area contributed by atoms with Crippen LogP contribution in [0.2, 0.25) is 0 Å². The molecular weight excluding hydrogens is 234 g/mol. The SMILES string of the molecule is COc1nc(N)nc(N2CC(C)OC(C)(C)C2)n1. The first-order chi connectivity index (χ1) is 8.39. The van der Waals surface area contributed by atoms with E-state index in [1.807, 2.05) is 25.7 Å². The van der Waals surface area contributed by atoms with E-state index >= 15 is 0 Å². The summed E-state index contributed by atoms with van der Waals surface area (Å²) in [7, 11) is 1.50. The maximum Gasteiger partial charge on any atom is 0.322 e. The summed E-state index contributed by atoms with van der Waals surface area (Å²) in [6, 6.07) is 0.231. The van der Waals surface area contributed by atoms with Crippen molar-refractivity contribution in [3.05, 3.63) is 0 Å². The highest BCUT2D eigenvalue weighted by molar-refractivity contribution is 5.37. The molecule has 1 atom stereocenters. The van der Waals surface area contributed by atoms with Gasteiger partial charge in [-0.2, -0.15) is 15.0 Å². The Morgan fingerprint density at radius 2 is 2.11 bits per heavy atom. The largest absolute Gasteiger partial charge is 0.467 e. The number of ether oxygens (including phenoxy) is 2. The normalized spacial score (nSPS) is 22.9. The van der Waals surface area contributed by atoms with Crippen LogP contribution in [0.25, 0.3) is 0 Å². The molecule has 0 amide bonds. The number of anilines is 2. The van der Waals surface area contributed by atoms with Crippen molar-refractivity contribution in [2.24, 2.45) is 0 Å². The molecule has 1 aromatic rings. The zero-order valence-electron chi connectivity index (χ0n) is 11.2. The Kier molecular flexibility index (Phi) is 3.25. The number of hydrogen-bond donors (Lipinski definition) is 1. The van der Waals surface area contributed by atoms with Crippen LogP contribution in [0.15, 0.2) is 0 Å². The third kappa shape index (κ3) is 2.79. The van der Waals surface area contributed by atoms with Gasteiger partial charge in [-0.25, -0.2) is 0 Å². The first-order valence-corrected chi connectivity index (χ1v) is 5.88. The van der Waals surface area contributed by atoms with E-state index in [1.54, 1.807) is 0 Å². The molecule has 1 aromatic heterocycles. The summed E-state index contributed by atoms with van der Waals surface area (Å²) >= 11 is 0. The second-order valence-electron chi connectivity index (χ2n) is 5.05. The van der Waals surface area contributed by atoms with Gasteiger partial charge in [-0.05, 0) is 20.8 Å². The molecule has 1 aliphatic heterocycles. The van der Waals surface area contributed by atoms with Crippen LogP contribution in [0.3, 0.4) is 0 Å². The Labute approximate surface area is 106 Å². The van der Waals surface area contributed by atoms with Gasteiger partial charge in [-0.15, -0.1) is 0 Å². The Hall–Kier alpha value is -1.63. The molecule has 1 fully saturated rings. The van der Waals surface area contributed by atoms with Crippen LogP contribution >= 0.6 is 0 Å². The molecule has 100 valence electrons. The van der Waals surface area contributed by atoms with Crippen molar-refractivity contribution in [1.29, 1.82) is 0 Å². The highest BCUT2D eigenvalue weighted by Crippen LogP contribution is 2.24. The van der Waals surface area contributed by atoms with Gasteiger partial charge in [0.25, 0.3) is 0 Å². The van der Waals surface area contributed by atoms with Crippen molar-refractivity contribution in [2.45, 2.75) is 32.5 Å². The number of nitrogens with two attached hydrogens (primary N) is 1. The van der Waals surface area contributed by atoms with Crippen LogP contribution in [0.1, 0.15) is 20.8 Å². The monoisotopic (exact) mass is 253 g/mol. The van der Waals surface area contributed by atoms with Crippen molar-refractivity contribution in [1.82, 2.24) is 15.0 Å². The van der Waals surface area contributed by atoms with Gasteiger partial charge in [-0.1, -0.05) is 0 Å². The van der Waals surface area contributed by atoms with E-state index in [9.17, 15) is 0 Å². The lowest BCUT2D eigenvalue weighted by molar-refractivity contribution is -0.0754. The second-order valence-corrected chi connectivity index (χ2v) is 5.05. The minimum absolute atomic E-state index is 0.109. The predicted octanol–water partition coefficient (Wildman–Crippen LogP) is 0.466. The van der Waals surface area contributed by atoms with Crippen LogP contribution in [-0.2, 0) is 4.74 Å². The van der Waals surface area contributed by atoms with Crippen molar-refractivity contribution in [3.63, 3.8) is 0 Å². The third-order valence-electron chi connectivity index (χ3n) is 2.66. The summed E-state index contributed by atoms with van der Waals surface area (Å²) in [5.41, 5.74) is 5.40. The molecule has 0 saturated carbocycles. The molecule has 0 radical (unpaired) electrons. The van der Waals surface area contributed by atoms with Crippen molar-refractivity contribution < 1.29 is 9.47 Å². The van der Waals surface area contributed by atoms with Crippen molar-refractivity contribution in [2.75, 3.05) is 30.8 Å². The van der Waals surface area contributed by atoms with Gasteiger partial charge in [0, 0.05) is 13.1 Å². The summed E-state index contributed by atoms with van der Waals surface area (Å²) in [5.74, 6) is 0.691. The third-order valence-corrected chi connectivity index (χ3v) is 2.66. The lowest BCUT2D eigenvalue weighted by Gasteiger charge is -2.41. The van der Waals surface area contributed by atoms with Crippen molar-refractivity contribution >= 4 is 11.9 Å². The average Bonchev–Trinajstić information content (AvgIpc) is 2.25. The van der Waals surface area contributed by atoms with E-state index in [4.69, 9.17) is 15.2 Å². The summed E-state index contributed by atoms with van der Waals surface area (Å²) in [6.07, 6.45) is 0.109. The van der Waals surface area contributed by atoms with Crippen LogP contribution in [0.5, 0.6) is 6.01 Å². The fourth-order valence-corrected chi connectivity index (χ4v) is 2.20. The first kappa shape index (κ1) is 12.8. The van der Waals surface area contributed by atoms with Crippen LogP contribution in [0, 0.1) is 0 Å². The highest BCUT2D eigenvalue weighted by Gasteiger charge is 2.32. The molecule has 1 unspecified atom stereocenters. The van der Waals surface area contributed by atoms with Gasteiger partial charge in [0.1, 0.15) is 0 Å². The number of nitrogen functional groups attached to an aromatic ring is 1. The molecule has 2 N–H and O–H groups in total. The fraction of sp³-hybridized carbons (Fsp3) is 0.727. The first-order valence-electron chi connectivity index (χ1n) is 5.88. The Balaban J connectivity index is 2.27. The molecular formula is C11H19N5O2. The number of nitrogens with zero attached hydrogens (tertiary/aromatic N) is 4. The summed E-state index contributed by atoms with van der Waals surface area (Å²) in [4.78, 5) is 14.3. The summed E-state index contributed by atoms with van der Waals surface area (Å²) in [6.45, 7) is 7.52. The van der Waals surface area contributed by atoms with Gasteiger partial charge in [-0.3, -0.25) is 0 Å². The minimum Gasteiger partial charge on any atom is -0.467 e. The second kappa shape index (κ2) is 4.56. The minimum atomic E-state index is -0.244. The molecule has 7 heteroatoms. The Morgan fingerprint density at radius 3 is 2.72 bits per heavy atom. The maximum absolute atomic E-state index is 5.84. The summed E-state index contributed by atoms with van der Waals surface area (Å²) in [5, 5.41) is 0. The zero-order chi connectivity index (χ0) is 13.3. The molecule has 0 bridgehead atoms. The van der Waals surface area contributed by atoms with Crippen LogP contribution in [0.4, 0.5) is 11.9 Å². The smallest absolute Gasteiger partial charge is 0.322 e. The lowest BCUT2D eigenvalue weighted by atomic mass is 10.1. The quantitative estimate of drug-likeness (QED) is 0.819. The van der Waals surface area contributed by atoms with Crippen LogP contribution in [-0.4, -0.2) is 46.9 Å². The topological polar surface area (TPSA) is 86.4 Å². The van der Waals surface area contributed by atoms with E-state index in [1.165, 1.54) is 7.11 Å². The molecule has 18 heavy (non-hydrogen) atoms. The van der Waals surface area contributed by atoms with Gasteiger partial charge >= 0.3 is 6.01 Å². The van der Waals surface area contributed by atoms with Gasteiger partial charge in [0.05, 0.1) is 18.8 Å². The molecule has 2 rings (SSSR count). The highest BCUT2D eigenvalue weighted by atomic mass is 16.5. The standard InChI is InChI=1S/C11H19N5O2/c1-7-5-16(6-11(2,3)18-7)9-13-8(12)14-10(15-9)17-4/h7H,5-6H2,1-4H3,(H2,12,13,14,15). The van der Waals surface area contributed by atoms with Gasteiger partial charge in [0.2, 0.25) is 11.9 Å². The van der Waals surface area contributed by atoms with E-state index in [-0.39, 0.29) is 23.7 Å².